The predicted molar refractivity (Wildman–Crippen MR) is 97.4 cm³/mol. The van der Waals surface area contributed by atoms with E-state index in [4.69, 9.17) is 9.73 Å². The van der Waals surface area contributed by atoms with Crippen molar-refractivity contribution in [1.29, 1.82) is 0 Å². The van der Waals surface area contributed by atoms with E-state index in [9.17, 15) is 0 Å². The van der Waals surface area contributed by atoms with Gasteiger partial charge in [0.1, 0.15) is 0 Å². The molecule has 5 nitrogen and oxygen atoms in total. The van der Waals surface area contributed by atoms with Crippen molar-refractivity contribution in [2.75, 3.05) is 39.9 Å². The predicted octanol–water partition coefficient (Wildman–Crippen LogP) is 2.63. The monoisotopic (exact) mass is 338 g/mol. The highest BCUT2D eigenvalue weighted by atomic mass is 32.1. The molecule has 1 aromatic heterocycles. The summed E-state index contributed by atoms with van der Waals surface area (Å²) in [4.78, 5) is 12.7. The molecule has 0 aromatic carbocycles. The van der Waals surface area contributed by atoms with E-state index in [-0.39, 0.29) is 0 Å². The first kappa shape index (κ1) is 18.2. The van der Waals surface area contributed by atoms with Crippen LogP contribution in [0.25, 0.3) is 0 Å². The van der Waals surface area contributed by atoms with Gasteiger partial charge in [0.15, 0.2) is 5.96 Å². The minimum Gasteiger partial charge on any atom is -0.379 e. The molecule has 1 aliphatic carbocycles. The van der Waals surface area contributed by atoms with Crippen LogP contribution in [0.5, 0.6) is 0 Å². The molecule has 0 bridgehead atoms. The average molecular weight is 339 g/mol. The van der Waals surface area contributed by atoms with E-state index < -0.39 is 0 Å². The summed E-state index contributed by atoms with van der Waals surface area (Å²) < 4.78 is 5.72. The second-order valence-electron chi connectivity index (χ2n) is 6.17. The van der Waals surface area contributed by atoms with Crippen LogP contribution in [-0.2, 0) is 11.2 Å². The molecule has 6 heteroatoms. The van der Waals surface area contributed by atoms with Crippen molar-refractivity contribution in [3.8, 4) is 0 Å². The first-order chi connectivity index (χ1) is 11.1. The van der Waals surface area contributed by atoms with Crippen molar-refractivity contribution in [1.82, 2.24) is 15.2 Å². The van der Waals surface area contributed by atoms with E-state index in [0.717, 1.165) is 61.8 Å². The summed E-state index contributed by atoms with van der Waals surface area (Å²) in [5.74, 6) is 1.79. The van der Waals surface area contributed by atoms with Gasteiger partial charge in [0.25, 0.3) is 0 Å². The lowest BCUT2D eigenvalue weighted by molar-refractivity contribution is 0.115. The van der Waals surface area contributed by atoms with Crippen molar-refractivity contribution >= 4 is 17.3 Å². The molecule has 0 unspecified atom stereocenters. The molecule has 1 aliphatic rings. The summed E-state index contributed by atoms with van der Waals surface area (Å²) in [6.45, 7) is 10.5. The van der Waals surface area contributed by atoms with Crippen LogP contribution < -0.4 is 5.32 Å². The van der Waals surface area contributed by atoms with E-state index in [0.29, 0.717) is 0 Å². The number of nitrogens with zero attached hydrogens (tertiary/aromatic N) is 3. The third-order valence-electron chi connectivity index (χ3n) is 3.92. The van der Waals surface area contributed by atoms with Gasteiger partial charge in [0.05, 0.1) is 17.3 Å². The SMILES string of the molecule is CCNC(=NCCc1sc(C)nc1C)N(C)CCOCC1CC1. The van der Waals surface area contributed by atoms with Gasteiger partial charge in [0, 0.05) is 44.6 Å². The first-order valence-electron chi connectivity index (χ1n) is 8.60. The smallest absolute Gasteiger partial charge is 0.193 e. The Kier molecular flexibility index (Phi) is 7.30. The Morgan fingerprint density at radius 2 is 2.22 bits per heavy atom. The fraction of sp³-hybridized carbons (Fsp3) is 0.765. The highest BCUT2D eigenvalue weighted by molar-refractivity contribution is 7.11. The fourth-order valence-electron chi connectivity index (χ4n) is 2.38. The van der Waals surface area contributed by atoms with Crippen LogP contribution in [-0.4, -0.2) is 55.7 Å². The zero-order chi connectivity index (χ0) is 16.7. The Morgan fingerprint density at radius 1 is 1.43 bits per heavy atom. The first-order valence-corrected chi connectivity index (χ1v) is 9.42. The molecule has 1 heterocycles. The molecule has 1 aromatic rings. The zero-order valence-electron chi connectivity index (χ0n) is 14.9. The van der Waals surface area contributed by atoms with E-state index in [1.807, 2.05) is 0 Å². The van der Waals surface area contributed by atoms with Gasteiger partial charge in [-0.2, -0.15) is 0 Å². The number of hydrogen-bond acceptors (Lipinski definition) is 4. The lowest BCUT2D eigenvalue weighted by Crippen LogP contribution is -2.40. The van der Waals surface area contributed by atoms with Crippen molar-refractivity contribution in [3.63, 3.8) is 0 Å². The van der Waals surface area contributed by atoms with Gasteiger partial charge in [-0.3, -0.25) is 4.99 Å². The van der Waals surface area contributed by atoms with E-state index in [2.05, 4.69) is 43.0 Å². The summed E-state index contributed by atoms with van der Waals surface area (Å²) in [6, 6.07) is 0. The Morgan fingerprint density at radius 3 is 2.83 bits per heavy atom. The quantitative estimate of drug-likeness (QED) is 0.427. The van der Waals surface area contributed by atoms with Crippen LogP contribution in [0, 0.1) is 19.8 Å². The molecule has 0 saturated heterocycles. The van der Waals surface area contributed by atoms with Crippen LogP contribution in [0.3, 0.4) is 0 Å². The van der Waals surface area contributed by atoms with Gasteiger partial charge in [-0.05, 0) is 39.5 Å². The van der Waals surface area contributed by atoms with Crippen molar-refractivity contribution in [3.05, 3.63) is 15.6 Å². The molecule has 130 valence electrons. The normalized spacial score (nSPS) is 15.0. The van der Waals surface area contributed by atoms with E-state index in [1.165, 1.54) is 17.7 Å². The van der Waals surface area contributed by atoms with Gasteiger partial charge in [-0.15, -0.1) is 11.3 Å². The summed E-state index contributed by atoms with van der Waals surface area (Å²) >= 11 is 1.78. The number of thiazole rings is 1. The fourth-order valence-corrected chi connectivity index (χ4v) is 3.31. The second kappa shape index (κ2) is 9.23. The summed E-state index contributed by atoms with van der Waals surface area (Å²) in [6.07, 6.45) is 3.64. The second-order valence-corrected chi connectivity index (χ2v) is 7.45. The number of likely N-dealkylation sites (N-methyl/N-ethyl adjacent to an activating group) is 1. The lowest BCUT2D eigenvalue weighted by atomic mass is 10.3. The van der Waals surface area contributed by atoms with Gasteiger partial charge >= 0.3 is 0 Å². The molecule has 1 saturated carbocycles. The van der Waals surface area contributed by atoms with Crippen LogP contribution in [0.2, 0.25) is 0 Å². The molecule has 0 amide bonds. The standard InChI is InChI=1S/C17H30N4OS/c1-5-18-17(21(4)10-11-22-12-15-6-7-15)19-9-8-16-13(2)20-14(3)23-16/h15H,5-12H2,1-4H3,(H,18,19). The summed E-state index contributed by atoms with van der Waals surface area (Å²) in [5.41, 5.74) is 1.15. The summed E-state index contributed by atoms with van der Waals surface area (Å²) in [5, 5.41) is 4.50. The van der Waals surface area contributed by atoms with Crippen LogP contribution in [0.15, 0.2) is 4.99 Å². The molecule has 1 N–H and O–H groups in total. The minimum atomic E-state index is 0.768. The number of nitrogens with one attached hydrogen (secondary N) is 1. The Hall–Kier alpha value is -1.14. The molecule has 2 rings (SSSR count). The molecule has 0 aliphatic heterocycles. The number of hydrogen-bond donors (Lipinski definition) is 1. The number of rotatable bonds is 9. The van der Waals surface area contributed by atoms with Gasteiger partial charge in [-0.1, -0.05) is 0 Å². The number of aryl methyl sites for hydroxylation is 2. The summed E-state index contributed by atoms with van der Waals surface area (Å²) in [7, 11) is 2.07. The minimum absolute atomic E-state index is 0.768. The zero-order valence-corrected chi connectivity index (χ0v) is 15.7. The highest BCUT2D eigenvalue weighted by Gasteiger charge is 2.21. The van der Waals surface area contributed by atoms with E-state index in [1.54, 1.807) is 11.3 Å². The van der Waals surface area contributed by atoms with E-state index >= 15 is 0 Å². The maximum atomic E-state index is 5.72. The molecule has 0 radical (unpaired) electrons. The van der Waals surface area contributed by atoms with Gasteiger partial charge in [-0.25, -0.2) is 4.98 Å². The van der Waals surface area contributed by atoms with Crippen LogP contribution in [0.4, 0.5) is 0 Å². The molecule has 1 fully saturated rings. The van der Waals surface area contributed by atoms with Crippen LogP contribution >= 0.6 is 11.3 Å². The van der Waals surface area contributed by atoms with Crippen molar-refractivity contribution in [2.45, 2.75) is 40.0 Å². The van der Waals surface area contributed by atoms with Crippen molar-refractivity contribution in [2.24, 2.45) is 10.9 Å². The average Bonchev–Trinajstić information content (AvgIpc) is 3.28. The maximum Gasteiger partial charge on any atom is 0.193 e. The molecule has 23 heavy (non-hydrogen) atoms. The largest absolute Gasteiger partial charge is 0.379 e. The highest BCUT2D eigenvalue weighted by Crippen LogP contribution is 2.28. The molecule has 0 spiro atoms. The number of aromatic nitrogens is 1. The Balaban J connectivity index is 1.76. The lowest BCUT2D eigenvalue weighted by Gasteiger charge is -2.22. The van der Waals surface area contributed by atoms with Gasteiger partial charge in [0.2, 0.25) is 0 Å². The van der Waals surface area contributed by atoms with Crippen LogP contribution in [0.1, 0.15) is 35.3 Å². The molecule has 0 atom stereocenters. The number of guanidine groups is 1. The number of aliphatic imine (C=N–C) groups is 1. The van der Waals surface area contributed by atoms with Crippen molar-refractivity contribution < 1.29 is 4.74 Å². The molecular formula is C17H30N4OS. The molecular weight excluding hydrogens is 308 g/mol. The number of ether oxygens (including phenoxy) is 1. The Bertz CT molecular complexity index is 511. The Labute approximate surface area is 144 Å². The maximum absolute atomic E-state index is 5.72. The van der Waals surface area contributed by atoms with Gasteiger partial charge < -0.3 is 15.0 Å². The third-order valence-corrected chi connectivity index (χ3v) is 5.05. The topological polar surface area (TPSA) is 49.8 Å². The third kappa shape index (κ3) is 6.47.